The molecule has 1 aromatic carbocycles. The SMILES string of the molecule is CC(C(=O)O)C(=O)NCc1cccc2c1OCCCO2. The minimum Gasteiger partial charge on any atom is -0.490 e. The predicted molar refractivity (Wildman–Crippen MR) is 70.7 cm³/mol. The molecule has 6 heteroatoms. The van der Waals surface area contributed by atoms with E-state index in [2.05, 4.69) is 5.32 Å². The number of carboxylic acids is 1. The molecule has 1 aliphatic rings. The number of para-hydroxylation sites is 1. The third-order valence-electron chi connectivity index (χ3n) is 3.07. The number of hydrogen-bond acceptors (Lipinski definition) is 4. The van der Waals surface area contributed by atoms with Gasteiger partial charge in [-0.1, -0.05) is 12.1 Å². The van der Waals surface area contributed by atoms with E-state index in [-0.39, 0.29) is 6.54 Å². The molecule has 1 aromatic rings. The molecule has 1 aliphatic heterocycles. The van der Waals surface area contributed by atoms with Crippen molar-refractivity contribution in [3.63, 3.8) is 0 Å². The first kappa shape index (κ1) is 14.2. The number of amides is 1. The van der Waals surface area contributed by atoms with Crippen LogP contribution in [-0.2, 0) is 16.1 Å². The van der Waals surface area contributed by atoms with Crippen molar-refractivity contribution in [2.45, 2.75) is 19.9 Å². The van der Waals surface area contributed by atoms with Crippen LogP contribution in [0.5, 0.6) is 11.5 Å². The number of ether oxygens (including phenoxy) is 2. The summed E-state index contributed by atoms with van der Waals surface area (Å²) in [7, 11) is 0. The zero-order valence-electron chi connectivity index (χ0n) is 11.2. The number of carbonyl (C=O) groups is 2. The van der Waals surface area contributed by atoms with Gasteiger partial charge in [-0.2, -0.15) is 0 Å². The van der Waals surface area contributed by atoms with E-state index < -0.39 is 17.8 Å². The first-order chi connectivity index (χ1) is 9.59. The zero-order chi connectivity index (χ0) is 14.5. The van der Waals surface area contributed by atoms with Gasteiger partial charge in [0.25, 0.3) is 0 Å². The molecule has 0 bridgehead atoms. The lowest BCUT2D eigenvalue weighted by atomic mass is 10.1. The molecule has 1 unspecified atom stereocenters. The Balaban J connectivity index is 2.07. The molecule has 0 saturated carbocycles. The van der Waals surface area contributed by atoms with Crippen molar-refractivity contribution in [3.8, 4) is 11.5 Å². The molecule has 2 rings (SSSR count). The van der Waals surface area contributed by atoms with E-state index in [0.29, 0.717) is 24.7 Å². The number of carboxylic acid groups (broad SMARTS) is 1. The summed E-state index contributed by atoms with van der Waals surface area (Å²) in [6.45, 7) is 2.72. The van der Waals surface area contributed by atoms with Gasteiger partial charge in [-0.15, -0.1) is 0 Å². The average molecular weight is 279 g/mol. The second-order valence-electron chi connectivity index (χ2n) is 4.57. The van der Waals surface area contributed by atoms with E-state index in [9.17, 15) is 9.59 Å². The van der Waals surface area contributed by atoms with Crippen molar-refractivity contribution in [3.05, 3.63) is 23.8 Å². The first-order valence-corrected chi connectivity index (χ1v) is 6.47. The van der Waals surface area contributed by atoms with E-state index >= 15 is 0 Å². The smallest absolute Gasteiger partial charge is 0.315 e. The molecule has 0 aliphatic carbocycles. The predicted octanol–water partition coefficient (Wildman–Crippen LogP) is 1.18. The van der Waals surface area contributed by atoms with Crippen molar-refractivity contribution in [1.82, 2.24) is 5.32 Å². The summed E-state index contributed by atoms with van der Waals surface area (Å²) in [6, 6.07) is 5.45. The fourth-order valence-corrected chi connectivity index (χ4v) is 1.84. The van der Waals surface area contributed by atoms with Crippen LogP contribution in [-0.4, -0.2) is 30.2 Å². The largest absolute Gasteiger partial charge is 0.490 e. The summed E-state index contributed by atoms with van der Waals surface area (Å²) in [6.07, 6.45) is 0.802. The summed E-state index contributed by atoms with van der Waals surface area (Å²) >= 11 is 0. The molecule has 2 N–H and O–H groups in total. The lowest BCUT2D eigenvalue weighted by Crippen LogP contribution is -2.33. The van der Waals surface area contributed by atoms with Gasteiger partial charge >= 0.3 is 5.97 Å². The number of nitrogens with one attached hydrogen (secondary N) is 1. The second-order valence-corrected chi connectivity index (χ2v) is 4.57. The molecule has 0 saturated heterocycles. The fraction of sp³-hybridized carbons (Fsp3) is 0.429. The van der Waals surface area contributed by atoms with Crippen LogP contribution in [0.2, 0.25) is 0 Å². The Hall–Kier alpha value is -2.24. The monoisotopic (exact) mass is 279 g/mol. The molecule has 1 amide bonds. The van der Waals surface area contributed by atoms with Gasteiger partial charge in [0.15, 0.2) is 11.5 Å². The molecule has 0 spiro atoms. The highest BCUT2D eigenvalue weighted by atomic mass is 16.5. The highest BCUT2D eigenvalue weighted by Crippen LogP contribution is 2.33. The van der Waals surface area contributed by atoms with Crippen LogP contribution >= 0.6 is 0 Å². The van der Waals surface area contributed by atoms with Gasteiger partial charge in [0.05, 0.1) is 13.2 Å². The molecule has 0 fully saturated rings. The van der Waals surface area contributed by atoms with Crippen LogP contribution in [0.25, 0.3) is 0 Å². The summed E-state index contributed by atoms with van der Waals surface area (Å²) in [5, 5.41) is 11.4. The van der Waals surface area contributed by atoms with Crippen LogP contribution in [0.1, 0.15) is 18.9 Å². The minimum absolute atomic E-state index is 0.211. The molecule has 20 heavy (non-hydrogen) atoms. The summed E-state index contributed by atoms with van der Waals surface area (Å²) in [4.78, 5) is 22.4. The van der Waals surface area contributed by atoms with Crippen molar-refractivity contribution in [2.75, 3.05) is 13.2 Å². The van der Waals surface area contributed by atoms with E-state index in [0.717, 1.165) is 12.0 Å². The number of carbonyl (C=O) groups excluding carboxylic acids is 1. The summed E-state index contributed by atoms with van der Waals surface area (Å²) < 4.78 is 11.2. The number of benzene rings is 1. The molecular formula is C14H17NO5. The Labute approximate surface area is 116 Å². The normalized spacial score (nSPS) is 15.1. The second kappa shape index (κ2) is 6.27. The van der Waals surface area contributed by atoms with E-state index in [1.165, 1.54) is 6.92 Å². The molecule has 1 atom stereocenters. The standard InChI is InChI=1S/C14H17NO5/c1-9(14(17)18)13(16)15-8-10-4-2-5-11-12(10)20-7-3-6-19-11/h2,4-5,9H,3,6-8H2,1H3,(H,15,16)(H,17,18). The van der Waals surface area contributed by atoms with Gasteiger partial charge in [-0.05, 0) is 13.0 Å². The lowest BCUT2D eigenvalue weighted by molar-refractivity contribution is -0.146. The van der Waals surface area contributed by atoms with Gasteiger partial charge in [0.1, 0.15) is 5.92 Å². The maximum absolute atomic E-state index is 11.6. The lowest BCUT2D eigenvalue weighted by Gasteiger charge is -2.13. The Bertz CT molecular complexity index is 514. The van der Waals surface area contributed by atoms with Crippen LogP contribution in [0.4, 0.5) is 0 Å². The van der Waals surface area contributed by atoms with E-state index in [1.807, 2.05) is 18.2 Å². The maximum atomic E-state index is 11.6. The van der Waals surface area contributed by atoms with Gasteiger partial charge in [-0.3, -0.25) is 9.59 Å². The average Bonchev–Trinajstić information content (AvgIpc) is 2.69. The van der Waals surface area contributed by atoms with Crippen LogP contribution in [0, 0.1) is 5.92 Å². The van der Waals surface area contributed by atoms with E-state index in [1.54, 1.807) is 0 Å². The van der Waals surface area contributed by atoms with Crippen LogP contribution in [0.3, 0.4) is 0 Å². The van der Waals surface area contributed by atoms with Crippen molar-refractivity contribution >= 4 is 11.9 Å². The quantitative estimate of drug-likeness (QED) is 0.809. The van der Waals surface area contributed by atoms with Crippen molar-refractivity contribution < 1.29 is 24.2 Å². The molecule has 6 nitrogen and oxygen atoms in total. The topological polar surface area (TPSA) is 84.9 Å². The third-order valence-corrected chi connectivity index (χ3v) is 3.07. The molecular weight excluding hydrogens is 262 g/mol. The Morgan fingerprint density at radius 3 is 2.85 bits per heavy atom. The van der Waals surface area contributed by atoms with Gasteiger partial charge in [-0.25, -0.2) is 0 Å². The zero-order valence-corrected chi connectivity index (χ0v) is 11.2. The van der Waals surface area contributed by atoms with Gasteiger partial charge in [0, 0.05) is 18.5 Å². The summed E-state index contributed by atoms with van der Waals surface area (Å²) in [5.41, 5.74) is 0.773. The Morgan fingerprint density at radius 1 is 1.35 bits per heavy atom. The minimum atomic E-state index is -1.14. The van der Waals surface area contributed by atoms with Crippen molar-refractivity contribution in [2.24, 2.45) is 5.92 Å². The maximum Gasteiger partial charge on any atom is 0.315 e. The molecule has 0 radical (unpaired) electrons. The fourth-order valence-electron chi connectivity index (χ4n) is 1.84. The van der Waals surface area contributed by atoms with Gasteiger partial charge < -0.3 is 19.9 Å². The van der Waals surface area contributed by atoms with Crippen molar-refractivity contribution in [1.29, 1.82) is 0 Å². The molecule has 108 valence electrons. The number of rotatable bonds is 4. The number of aliphatic carboxylic acids is 1. The molecule has 1 heterocycles. The highest BCUT2D eigenvalue weighted by molar-refractivity contribution is 5.96. The highest BCUT2D eigenvalue weighted by Gasteiger charge is 2.21. The number of hydrogen-bond donors (Lipinski definition) is 2. The number of fused-ring (bicyclic) bond motifs is 1. The van der Waals surface area contributed by atoms with Crippen LogP contribution < -0.4 is 14.8 Å². The van der Waals surface area contributed by atoms with Crippen LogP contribution in [0.15, 0.2) is 18.2 Å². The summed E-state index contributed by atoms with van der Waals surface area (Å²) in [5.74, 6) is -1.47. The Kier molecular flexibility index (Phi) is 4.45. The Morgan fingerprint density at radius 2 is 2.10 bits per heavy atom. The first-order valence-electron chi connectivity index (χ1n) is 6.47. The van der Waals surface area contributed by atoms with E-state index in [4.69, 9.17) is 14.6 Å². The third kappa shape index (κ3) is 3.20. The van der Waals surface area contributed by atoms with Gasteiger partial charge in [0.2, 0.25) is 5.91 Å². The molecule has 0 aromatic heterocycles.